The van der Waals surface area contributed by atoms with Crippen LogP contribution in [0.25, 0.3) is 0 Å². The summed E-state index contributed by atoms with van der Waals surface area (Å²) in [4.78, 5) is 0. The fourth-order valence-electron chi connectivity index (χ4n) is 1.62. The van der Waals surface area contributed by atoms with Gasteiger partial charge in [0.1, 0.15) is 0 Å². The van der Waals surface area contributed by atoms with Crippen LogP contribution in [0.15, 0.2) is 24.3 Å². The Morgan fingerprint density at radius 1 is 1.18 bits per heavy atom. The van der Waals surface area contributed by atoms with Crippen molar-refractivity contribution in [2.24, 2.45) is 5.73 Å². The molecule has 0 aliphatic carbocycles. The number of nitrogens with two attached hydrogens (primary N) is 1. The van der Waals surface area contributed by atoms with Crippen molar-refractivity contribution in [2.45, 2.75) is 25.6 Å². The zero-order valence-electron chi connectivity index (χ0n) is 9.84. The Labute approximate surface area is 98.6 Å². The van der Waals surface area contributed by atoms with E-state index in [9.17, 15) is 13.2 Å². The highest BCUT2D eigenvalue weighted by Crippen LogP contribution is 2.35. The second kappa shape index (κ2) is 5.06. The van der Waals surface area contributed by atoms with Crippen LogP contribution in [-0.4, -0.2) is 13.2 Å². The Kier molecular flexibility index (Phi) is 4.16. The number of alkyl halides is 3. The average Bonchev–Trinajstić information content (AvgIpc) is 2.25. The zero-order valence-corrected chi connectivity index (χ0v) is 9.84. The molecule has 0 heterocycles. The molecule has 0 aliphatic rings. The second-order valence-electron chi connectivity index (χ2n) is 4.10. The third kappa shape index (κ3) is 3.44. The summed E-state index contributed by atoms with van der Waals surface area (Å²) >= 11 is 0. The maximum absolute atomic E-state index is 12.8. The molecule has 0 bridgehead atoms. The van der Waals surface area contributed by atoms with E-state index in [-0.39, 0.29) is 12.2 Å². The lowest BCUT2D eigenvalue weighted by molar-refractivity contribution is -0.139. The minimum absolute atomic E-state index is 0.0522. The number of rotatable bonds is 4. The van der Waals surface area contributed by atoms with Gasteiger partial charge in [-0.15, -0.1) is 0 Å². The molecule has 5 heteroatoms. The summed E-state index contributed by atoms with van der Waals surface area (Å²) in [5, 5.41) is 0. The van der Waals surface area contributed by atoms with Crippen LogP contribution in [0.3, 0.4) is 0 Å². The van der Waals surface area contributed by atoms with Crippen molar-refractivity contribution in [1.82, 2.24) is 0 Å². The lowest BCUT2D eigenvalue weighted by Crippen LogP contribution is -2.40. The van der Waals surface area contributed by atoms with E-state index >= 15 is 0 Å². The topological polar surface area (TPSA) is 35.2 Å². The van der Waals surface area contributed by atoms with E-state index in [0.717, 1.165) is 6.07 Å². The molecule has 2 nitrogen and oxygen atoms in total. The van der Waals surface area contributed by atoms with E-state index < -0.39 is 17.3 Å². The first-order chi connectivity index (χ1) is 7.79. The fraction of sp³-hybridized carbons (Fsp3) is 0.500. The van der Waals surface area contributed by atoms with Gasteiger partial charge in [0.2, 0.25) is 0 Å². The van der Waals surface area contributed by atoms with Crippen LogP contribution in [0.2, 0.25) is 0 Å². The average molecular weight is 247 g/mol. The molecule has 17 heavy (non-hydrogen) atoms. The largest absolute Gasteiger partial charge is 0.416 e. The van der Waals surface area contributed by atoms with Crippen molar-refractivity contribution in [1.29, 1.82) is 0 Å². The second-order valence-corrected chi connectivity index (χ2v) is 4.10. The Morgan fingerprint density at radius 2 is 1.71 bits per heavy atom. The van der Waals surface area contributed by atoms with E-state index in [0.29, 0.717) is 6.61 Å². The van der Waals surface area contributed by atoms with Crippen LogP contribution in [0.1, 0.15) is 25.0 Å². The van der Waals surface area contributed by atoms with Gasteiger partial charge in [0.15, 0.2) is 0 Å². The van der Waals surface area contributed by atoms with Crippen molar-refractivity contribution in [3.05, 3.63) is 35.4 Å². The molecule has 96 valence electrons. The predicted octanol–water partition coefficient (Wildman–Crippen LogP) is 2.92. The van der Waals surface area contributed by atoms with Gasteiger partial charge in [0, 0.05) is 6.61 Å². The van der Waals surface area contributed by atoms with Crippen molar-refractivity contribution >= 4 is 0 Å². The van der Waals surface area contributed by atoms with Gasteiger partial charge in [0.05, 0.1) is 17.7 Å². The van der Waals surface area contributed by atoms with Crippen molar-refractivity contribution < 1.29 is 17.9 Å². The molecule has 0 saturated heterocycles. The highest BCUT2D eigenvalue weighted by molar-refractivity contribution is 5.35. The Balaban J connectivity index is 3.13. The summed E-state index contributed by atoms with van der Waals surface area (Å²) in [5.74, 6) is 0. The molecule has 0 radical (unpaired) electrons. The molecule has 1 atom stereocenters. The molecule has 0 saturated carbocycles. The summed E-state index contributed by atoms with van der Waals surface area (Å²) in [6.45, 7) is 3.77. The van der Waals surface area contributed by atoms with Gasteiger partial charge in [-0.1, -0.05) is 18.2 Å². The van der Waals surface area contributed by atoms with E-state index in [4.69, 9.17) is 10.5 Å². The van der Waals surface area contributed by atoms with Crippen LogP contribution in [0.5, 0.6) is 0 Å². The first kappa shape index (κ1) is 14.0. The maximum atomic E-state index is 12.8. The van der Waals surface area contributed by atoms with Crippen LogP contribution in [0.4, 0.5) is 13.2 Å². The predicted molar refractivity (Wildman–Crippen MR) is 59.5 cm³/mol. The minimum Gasteiger partial charge on any atom is -0.379 e. The smallest absolute Gasteiger partial charge is 0.379 e. The quantitative estimate of drug-likeness (QED) is 0.887. The highest BCUT2D eigenvalue weighted by Gasteiger charge is 2.37. The van der Waals surface area contributed by atoms with Crippen molar-refractivity contribution in [3.63, 3.8) is 0 Å². The first-order valence-electron chi connectivity index (χ1n) is 5.32. The van der Waals surface area contributed by atoms with E-state index in [1.165, 1.54) is 19.1 Å². The monoisotopic (exact) mass is 247 g/mol. The first-order valence-corrected chi connectivity index (χ1v) is 5.32. The normalized spacial score (nSPS) is 15.6. The molecule has 0 amide bonds. The number of hydrogen-bond acceptors (Lipinski definition) is 2. The number of benzene rings is 1. The summed E-state index contributed by atoms with van der Waals surface area (Å²) in [7, 11) is 0. The summed E-state index contributed by atoms with van der Waals surface area (Å²) < 4.78 is 43.5. The van der Waals surface area contributed by atoms with Gasteiger partial charge in [-0.2, -0.15) is 13.2 Å². The summed E-state index contributed by atoms with van der Waals surface area (Å²) in [5.41, 5.74) is 4.10. The lowest BCUT2D eigenvalue weighted by atomic mass is 9.89. The molecular weight excluding hydrogens is 231 g/mol. The molecular formula is C12H16F3NO. The van der Waals surface area contributed by atoms with E-state index in [1.807, 2.05) is 0 Å². The molecule has 2 N–H and O–H groups in total. The van der Waals surface area contributed by atoms with Crippen molar-refractivity contribution in [2.75, 3.05) is 13.2 Å². The SMILES string of the molecule is CCOCC(C)(N)c1ccccc1C(F)(F)F. The molecule has 0 aliphatic heterocycles. The van der Waals surface area contributed by atoms with Gasteiger partial charge in [-0.05, 0) is 25.5 Å². The fourth-order valence-corrected chi connectivity index (χ4v) is 1.62. The third-order valence-corrected chi connectivity index (χ3v) is 2.45. The lowest BCUT2D eigenvalue weighted by Gasteiger charge is -2.28. The Bertz CT molecular complexity index is 374. The van der Waals surface area contributed by atoms with Gasteiger partial charge in [0.25, 0.3) is 0 Å². The van der Waals surface area contributed by atoms with Gasteiger partial charge in [-0.25, -0.2) is 0 Å². The standard InChI is InChI=1S/C12H16F3NO/c1-3-17-8-11(2,16)9-6-4-5-7-10(9)12(13,14)15/h4-7H,3,8,16H2,1-2H3. The van der Waals surface area contributed by atoms with Crippen LogP contribution in [0, 0.1) is 0 Å². The summed E-state index contributed by atoms with van der Waals surface area (Å²) in [6.07, 6.45) is -4.40. The molecule has 0 spiro atoms. The molecule has 1 aromatic rings. The number of halogens is 3. The molecule has 1 aromatic carbocycles. The van der Waals surface area contributed by atoms with Gasteiger partial charge >= 0.3 is 6.18 Å². The highest BCUT2D eigenvalue weighted by atomic mass is 19.4. The van der Waals surface area contributed by atoms with E-state index in [1.54, 1.807) is 13.0 Å². The molecule has 1 rings (SSSR count). The van der Waals surface area contributed by atoms with E-state index in [2.05, 4.69) is 0 Å². The molecule has 0 fully saturated rings. The maximum Gasteiger partial charge on any atom is 0.416 e. The van der Waals surface area contributed by atoms with Gasteiger partial charge < -0.3 is 10.5 Å². The number of ether oxygens (including phenoxy) is 1. The summed E-state index contributed by atoms with van der Waals surface area (Å²) in [6, 6.07) is 5.32. The van der Waals surface area contributed by atoms with Crippen molar-refractivity contribution in [3.8, 4) is 0 Å². The Morgan fingerprint density at radius 3 is 2.18 bits per heavy atom. The van der Waals surface area contributed by atoms with Crippen LogP contribution >= 0.6 is 0 Å². The minimum atomic E-state index is -4.40. The molecule has 0 aromatic heterocycles. The van der Waals surface area contributed by atoms with Crippen LogP contribution in [-0.2, 0) is 16.5 Å². The Hall–Kier alpha value is -1.07. The third-order valence-electron chi connectivity index (χ3n) is 2.45. The zero-order chi connectivity index (χ0) is 13.1. The number of hydrogen-bond donors (Lipinski definition) is 1. The van der Waals surface area contributed by atoms with Gasteiger partial charge in [-0.3, -0.25) is 0 Å². The molecule has 1 unspecified atom stereocenters. The van der Waals surface area contributed by atoms with Crippen LogP contribution < -0.4 is 5.73 Å².